The third-order valence-electron chi connectivity index (χ3n) is 2.24. The van der Waals surface area contributed by atoms with Crippen molar-refractivity contribution in [2.24, 2.45) is 0 Å². The highest BCUT2D eigenvalue weighted by Gasteiger charge is 2.13. The van der Waals surface area contributed by atoms with E-state index in [-0.39, 0.29) is 12.4 Å². The monoisotopic (exact) mass is 317 g/mol. The van der Waals surface area contributed by atoms with Gasteiger partial charge in [0, 0.05) is 5.56 Å². The number of hydrogen-bond acceptors (Lipinski definition) is 4. The van der Waals surface area contributed by atoms with Crippen molar-refractivity contribution in [3.63, 3.8) is 0 Å². The molecule has 1 heterocycles. The molecule has 0 fully saturated rings. The Labute approximate surface area is 110 Å². The standard InChI is InChI=1S/C11H9BrFNO2S/c1-16-8-3-2-6(4-7(8)13)10-9(5-15)17-11(12)14-10/h2-4,15H,5H2,1H3. The van der Waals surface area contributed by atoms with Gasteiger partial charge < -0.3 is 9.84 Å². The molecule has 0 saturated heterocycles. The molecular weight excluding hydrogens is 309 g/mol. The van der Waals surface area contributed by atoms with Crippen molar-refractivity contribution in [2.45, 2.75) is 6.61 Å². The molecule has 90 valence electrons. The van der Waals surface area contributed by atoms with Crippen LogP contribution in [-0.2, 0) is 6.61 Å². The van der Waals surface area contributed by atoms with E-state index in [1.165, 1.54) is 24.5 Å². The van der Waals surface area contributed by atoms with E-state index < -0.39 is 5.82 Å². The SMILES string of the molecule is COc1ccc(-c2nc(Br)sc2CO)cc1F. The minimum absolute atomic E-state index is 0.119. The second-order valence-corrected chi connectivity index (χ2v) is 5.61. The van der Waals surface area contributed by atoms with E-state index in [0.717, 1.165) is 0 Å². The van der Waals surface area contributed by atoms with Crippen LogP contribution in [0.4, 0.5) is 4.39 Å². The van der Waals surface area contributed by atoms with E-state index in [1.807, 2.05) is 0 Å². The predicted octanol–water partition coefficient (Wildman–Crippen LogP) is 3.21. The van der Waals surface area contributed by atoms with Gasteiger partial charge >= 0.3 is 0 Å². The fourth-order valence-corrected chi connectivity index (χ4v) is 2.90. The fourth-order valence-electron chi connectivity index (χ4n) is 1.47. The Morgan fingerprint density at radius 1 is 1.53 bits per heavy atom. The Bertz CT molecular complexity index is 544. The maximum Gasteiger partial charge on any atom is 0.165 e. The van der Waals surface area contributed by atoms with E-state index in [1.54, 1.807) is 12.1 Å². The normalized spacial score (nSPS) is 10.6. The zero-order valence-corrected chi connectivity index (χ0v) is 11.3. The van der Waals surface area contributed by atoms with Gasteiger partial charge in [0.2, 0.25) is 0 Å². The molecule has 3 nitrogen and oxygen atoms in total. The van der Waals surface area contributed by atoms with Crippen molar-refractivity contribution < 1.29 is 14.2 Å². The van der Waals surface area contributed by atoms with Crippen LogP contribution in [0.1, 0.15) is 4.88 Å². The van der Waals surface area contributed by atoms with Gasteiger partial charge in [-0.3, -0.25) is 0 Å². The lowest BCUT2D eigenvalue weighted by Crippen LogP contribution is -1.90. The molecule has 17 heavy (non-hydrogen) atoms. The van der Waals surface area contributed by atoms with Crippen molar-refractivity contribution in [2.75, 3.05) is 7.11 Å². The average molecular weight is 318 g/mol. The highest BCUT2D eigenvalue weighted by molar-refractivity contribution is 9.11. The molecule has 0 bridgehead atoms. The first-order valence-electron chi connectivity index (χ1n) is 4.75. The van der Waals surface area contributed by atoms with E-state index in [4.69, 9.17) is 4.74 Å². The van der Waals surface area contributed by atoms with Crippen molar-refractivity contribution in [1.29, 1.82) is 0 Å². The number of aliphatic hydroxyl groups is 1. The van der Waals surface area contributed by atoms with Crippen LogP contribution in [0.15, 0.2) is 22.1 Å². The summed E-state index contributed by atoms with van der Waals surface area (Å²) in [6.07, 6.45) is 0. The first kappa shape index (κ1) is 12.5. The molecule has 1 aromatic heterocycles. The van der Waals surface area contributed by atoms with Crippen LogP contribution < -0.4 is 4.74 Å². The molecule has 0 aliphatic carbocycles. The van der Waals surface area contributed by atoms with E-state index in [9.17, 15) is 9.50 Å². The van der Waals surface area contributed by atoms with Gasteiger partial charge in [0.1, 0.15) is 0 Å². The van der Waals surface area contributed by atoms with Gasteiger partial charge in [0.05, 0.1) is 24.3 Å². The summed E-state index contributed by atoms with van der Waals surface area (Å²) in [6, 6.07) is 4.60. The summed E-state index contributed by atoms with van der Waals surface area (Å²) in [5.74, 6) is -0.258. The van der Waals surface area contributed by atoms with Gasteiger partial charge in [-0.2, -0.15) is 0 Å². The molecule has 0 unspecified atom stereocenters. The molecule has 0 amide bonds. The van der Waals surface area contributed by atoms with E-state index in [0.29, 0.717) is 20.1 Å². The van der Waals surface area contributed by atoms with Crippen LogP contribution >= 0.6 is 27.3 Å². The van der Waals surface area contributed by atoms with Crippen LogP contribution in [0.2, 0.25) is 0 Å². The first-order chi connectivity index (χ1) is 8.15. The van der Waals surface area contributed by atoms with E-state index in [2.05, 4.69) is 20.9 Å². The fraction of sp³-hybridized carbons (Fsp3) is 0.182. The van der Waals surface area contributed by atoms with Crippen molar-refractivity contribution in [1.82, 2.24) is 4.98 Å². The second-order valence-electron chi connectivity index (χ2n) is 3.25. The number of ether oxygens (including phenoxy) is 1. The zero-order valence-electron chi connectivity index (χ0n) is 8.91. The molecule has 2 aromatic rings. The first-order valence-corrected chi connectivity index (χ1v) is 6.36. The Hall–Kier alpha value is -0.980. The largest absolute Gasteiger partial charge is 0.494 e. The summed E-state index contributed by atoms with van der Waals surface area (Å²) in [4.78, 5) is 4.91. The highest BCUT2D eigenvalue weighted by Crippen LogP contribution is 2.32. The minimum atomic E-state index is -0.446. The molecular formula is C11H9BrFNO2S. The minimum Gasteiger partial charge on any atom is -0.494 e. The average Bonchev–Trinajstić information content (AvgIpc) is 2.70. The molecule has 2 rings (SSSR count). The van der Waals surface area contributed by atoms with Crippen LogP contribution in [0.3, 0.4) is 0 Å². The number of thiazole rings is 1. The van der Waals surface area contributed by atoms with E-state index >= 15 is 0 Å². The topological polar surface area (TPSA) is 42.4 Å². The number of aromatic nitrogens is 1. The molecule has 0 radical (unpaired) electrons. The Kier molecular flexibility index (Phi) is 3.76. The molecule has 0 spiro atoms. The Morgan fingerprint density at radius 3 is 2.88 bits per heavy atom. The lowest BCUT2D eigenvalue weighted by atomic mass is 10.1. The van der Waals surface area contributed by atoms with Crippen molar-refractivity contribution in [3.8, 4) is 17.0 Å². The number of methoxy groups -OCH3 is 1. The number of benzene rings is 1. The number of hydrogen-bond donors (Lipinski definition) is 1. The van der Waals surface area contributed by atoms with Crippen LogP contribution in [0.25, 0.3) is 11.3 Å². The molecule has 6 heteroatoms. The van der Waals surface area contributed by atoms with Crippen molar-refractivity contribution >= 4 is 27.3 Å². The molecule has 0 saturated carbocycles. The van der Waals surface area contributed by atoms with Gasteiger partial charge in [-0.1, -0.05) is 0 Å². The van der Waals surface area contributed by atoms with Gasteiger partial charge in [-0.15, -0.1) is 11.3 Å². The van der Waals surface area contributed by atoms with Gasteiger partial charge in [-0.05, 0) is 34.1 Å². The third kappa shape index (κ3) is 2.48. The molecule has 0 aliphatic rings. The van der Waals surface area contributed by atoms with Crippen molar-refractivity contribution in [3.05, 3.63) is 32.8 Å². The summed E-state index contributed by atoms with van der Waals surface area (Å²) in [6.45, 7) is -0.119. The van der Waals surface area contributed by atoms with Gasteiger partial charge in [0.15, 0.2) is 15.5 Å². The number of halogens is 2. The molecule has 0 atom stereocenters. The Balaban J connectivity index is 2.49. The molecule has 1 N–H and O–H groups in total. The highest BCUT2D eigenvalue weighted by atomic mass is 79.9. The van der Waals surface area contributed by atoms with Crippen LogP contribution in [-0.4, -0.2) is 17.2 Å². The van der Waals surface area contributed by atoms with Crippen LogP contribution in [0.5, 0.6) is 5.75 Å². The smallest absolute Gasteiger partial charge is 0.165 e. The summed E-state index contributed by atoms with van der Waals surface area (Å²) in [5.41, 5.74) is 1.21. The lowest BCUT2D eigenvalue weighted by Gasteiger charge is -2.04. The number of nitrogens with zero attached hydrogens (tertiary/aromatic N) is 1. The predicted molar refractivity (Wildman–Crippen MR) is 67.7 cm³/mol. The number of aliphatic hydroxyl groups excluding tert-OH is 1. The second kappa shape index (κ2) is 5.12. The number of rotatable bonds is 3. The summed E-state index contributed by atoms with van der Waals surface area (Å²) in [7, 11) is 1.41. The third-order valence-corrected chi connectivity index (χ3v) is 3.73. The molecule has 1 aromatic carbocycles. The van der Waals surface area contributed by atoms with Gasteiger partial charge in [0.25, 0.3) is 0 Å². The lowest BCUT2D eigenvalue weighted by molar-refractivity contribution is 0.286. The molecule has 0 aliphatic heterocycles. The summed E-state index contributed by atoms with van der Waals surface area (Å²) >= 11 is 4.57. The summed E-state index contributed by atoms with van der Waals surface area (Å²) in [5, 5.41) is 9.19. The van der Waals surface area contributed by atoms with Crippen LogP contribution in [0, 0.1) is 5.82 Å². The van der Waals surface area contributed by atoms with Gasteiger partial charge in [-0.25, -0.2) is 9.37 Å². The Morgan fingerprint density at radius 2 is 2.29 bits per heavy atom. The maximum atomic E-state index is 13.6. The quantitative estimate of drug-likeness (QED) is 0.945. The maximum absolute atomic E-state index is 13.6. The summed E-state index contributed by atoms with van der Waals surface area (Å²) < 4.78 is 19.1. The zero-order chi connectivity index (χ0) is 12.4.